The topological polar surface area (TPSA) is 51.1 Å². The lowest BCUT2D eigenvalue weighted by Gasteiger charge is -2.28. The Balaban J connectivity index is 2.21. The molecule has 0 saturated carbocycles. The van der Waals surface area contributed by atoms with Crippen molar-refractivity contribution in [1.29, 1.82) is 0 Å². The highest BCUT2D eigenvalue weighted by molar-refractivity contribution is 5.70. The van der Waals surface area contributed by atoms with Gasteiger partial charge in [-0.25, -0.2) is 4.79 Å². The number of rotatable bonds is 4. The van der Waals surface area contributed by atoms with E-state index in [9.17, 15) is 9.59 Å². The van der Waals surface area contributed by atoms with Crippen LogP contribution >= 0.6 is 0 Å². The molecule has 0 unspecified atom stereocenters. The molecule has 1 fully saturated rings. The Bertz CT molecular complexity index is 200. The van der Waals surface area contributed by atoms with E-state index >= 15 is 0 Å². The summed E-state index contributed by atoms with van der Waals surface area (Å²) in [6.45, 7) is 5.79. The van der Waals surface area contributed by atoms with E-state index in [0.717, 1.165) is 32.6 Å². The van der Waals surface area contributed by atoms with Gasteiger partial charge in [0.1, 0.15) is 0 Å². The van der Waals surface area contributed by atoms with E-state index < -0.39 is 0 Å². The van der Waals surface area contributed by atoms with E-state index in [1.54, 1.807) is 11.8 Å². The summed E-state index contributed by atoms with van der Waals surface area (Å²) in [6.07, 6.45) is 0.862. The molecule has 5 heteroatoms. The van der Waals surface area contributed by atoms with Crippen molar-refractivity contribution in [2.75, 3.05) is 39.3 Å². The summed E-state index contributed by atoms with van der Waals surface area (Å²) in [4.78, 5) is 24.5. The number of amides is 1. The Morgan fingerprint density at radius 3 is 2.64 bits per heavy atom. The Morgan fingerprint density at radius 1 is 1.50 bits per heavy atom. The van der Waals surface area contributed by atoms with Crippen molar-refractivity contribution in [2.24, 2.45) is 0 Å². The van der Waals surface area contributed by atoms with Crippen molar-refractivity contribution in [3.05, 3.63) is 0 Å². The fraction of sp³-hybridized carbons (Fsp3) is 0.778. The minimum absolute atomic E-state index is 0.151. The highest BCUT2D eigenvalue weighted by atomic mass is 16.5. The molecule has 1 amide bonds. The van der Waals surface area contributed by atoms with Crippen molar-refractivity contribution < 1.29 is 19.2 Å². The van der Waals surface area contributed by atoms with Crippen molar-refractivity contribution in [3.63, 3.8) is 0 Å². The number of piperazine rings is 1. The van der Waals surface area contributed by atoms with Crippen LogP contribution in [-0.2, 0) is 14.3 Å². The number of nitrogens with zero attached hydrogens (tertiary/aromatic N) is 1. The average molecular weight is 201 g/mol. The van der Waals surface area contributed by atoms with Crippen molar-refractivity contribution in [3.8, 4) is 0 Å². The highest BCUT2D eigenvalue weighted by Gasteiger charge is 2.21. The summed E-state index contributed by atoms with van der Waals surface area (Å²) < 4.78 is 4.85. The third-order valence-electron chi connectivity index (χ3n) is 2.35. The lowest BCUT2D eigenvalue weighted by Crippen LogP contribution is -3.15. The van der Waals surface area contributed by atoms with Gasteiger partial charge in [0.2, 0.25) is 6.41 Å². The van der Waals surface area contributed by atoms with E-state index in [1.807, 2.05) is 0 Å². The minimum Gasteiger partial charge on any atom is -0.462 e. The maximum atomic E-state index is 11.1. The number of quaternary nitrogens is 1. The number of hydrogen-bond acceptors (Lipinski definition) is 3. The Hall–Kier alpha value is -1.10. The van der Waals surface area contributed by atoms with Crippen LogP contribution in [0.1, 0.15) is 6.92 Å². The smallest absolute Gasteiger partial charge is 0.361 e. The molecule has 0 bridgehead atoms. The SMILES string of the molecule is CCOC(=O)C[NH+]1CCN(C=O)CC1. The van der Waals surface area contributed by atoms with Crippen LogP contribution in [0.3, 0.4) is 0 Å². The van der Waals surface area contributed by atoms with Crippen molar-refractivity contribution >= 4 is 12.4 Å². The van der Waals surface area contributed by atoms with Gasteiger partial charge in [0, 0.05) is 0 Å². The monoisotopic (exact) mass is 201 g/mol. The molecular formula is C9H17N2O3+. The first-order chi connectivity index (χ1) is 6.76. The third-order valence-corrected chi connectivity index (χ3v) is 2.35. The summed E-state index contributed by atoms with van der Waals surface area (Å²) in [5.41, 5.74) is 0. The maximum absolute atomic E-state index is 11.1. The molecule has 14 heavy (non-hydrogen) atoms. The van der Waals surface area contributed by atoms with Gasteiger partial charge in [-0.3, -0.25) is 4.79 Å². The van der Waals surface area contributed by atoms with E-state index in [0.29, 0.717) is 13.2 Å². The predicted octanol–water partition coefficient (Wildman–Crippen LogP) is -2.09. The molecule has 0 radical (unpaired) electrons. The number of carbonyl (C=O) groups excluding carboxylic acids is 2. The maximum Gasteiger partial charge on any atom is 0.361 e. The molecule has 1 aliphatic heterocycles. The van der Waals surface area contributed by atoms with Gasteiger partial charge in [0.15, 0.2) is 6.54 Å². The van der Waals surface area contributed by atoms with Gasteiger partial charge in [-0.15, -0.1) is 0 Å². The van der Waals surface area contributed by atoms with E-state index in [-0.39, 0.29) is 5.97 Å². The van der Waals surface area contributed by atoms with Crippen LogP contribution in [0, 0.1) is 0 Å². The third kappa shape index (κ3) is 3.33. The zero-order valence-corrected chi connectivity index (χ0v) is 8.49. The first-order valence-electron chi connectivity index (χ1n) is 4.94. The van der Waals surface area contributed by atoms with Crippen LogP contribution in [0.25, 0.3) is 0 Å². The molecule has 1 heterocycles. The normalized spacial score (nSPS) is 17.9. The van der Waals surface area contributed by atoms with Gasteiger partial charge in [-0.1, -0.05) is 0 Å². The summed E-state index contributed by atoms with van der Waals surface area (Å²) in [5, 5.41) is 0. The van der Waals surface area contributed by atoms with Gasteiger partial charge in [0.25, 0.3) is 0 Å². The van der Waals surface area contributed by atoms with Crippen LogP contribution in [0.5, 0.6) is 0 Å². The van der Waals surface area contributed by atoms with E-state index in [1.165, 1.54) is 4.90 Å². The quantitative estimate of drug-likeness (QED) is 0.419. The van der Waals surface area contributed by atoms with Crippen LogP contribution in [0.15, 0.2) is 0 Å². The summed E-state index contributed by atoms with van der Waals surface area (Å²) in [5.74, 6) is -0.151. The average Bonchev–Trinajstić information content (AvgIpc) is 2.19. The van der Waals surface area contributed by atoms with Crippen LogP contribution < -0.4 is 4.90 Å². The zero-order valence-electron chi connectivity index (χ0n) is 8.49. The predicted molar refractivity (Wildman–Crippen MR) is 49.8 cm³/mol. The number of carbonyl (C=O) groups is 2. The van der Waals surface area contributed by atoms with Gasteiger partial charge in [-0.2, -0.15) is 0 Å². The molecule has 1 aliphatic rings. The minimum atomic E-state index is -0.151. The Labute approximate surface area is 83.6 Å². The molecule has 0 aromatic carbocycles. The number of nitrogens with one attached hydrogen (secondary N) is 1. The standard InChI is InChI=1S/C9H16N2O3/c1-2-14-9(13)7-10-3-5-11(8-12)6-4-10/h8H,2-7H2,1H3/p+1. The van der Waals surface area contributed by atoms with Crippen LogP contribution in [-0.4, -0.2) is 56.6 Å². The van der Waals surface area contributed by atoms with Gasteiger partial charge >= 0.3 is 5.97 Å². The lowest BCUT2D eigenvalue weighted by molar-refractivity contribution is -0.896. The van der Waals surface area contributed by atoms with Crippen molar-refractivity contribution in [1.82, 2.24) is 4.90 Å². The molecule has 0 atom stereocenters. The lowest BCUT2D eigenvalue weighted by atomic mass is 10.3. The molecule has 1 rings (SSSR count). The molecule has 0 aliphatic carbocycles. The van der Waals surface area contributed by atoms with Gasteiger partial charge < -0.3 is 14.5 Å². The van der Waals surface area contributed by atoms with Gasteiger partial charge in [-0.05, 0) is 6.92 Å². The molecule has 1 saturated heterocycles. The van der Waals surface area contributed by atoms with Crippen LogP contribution in [0.2, 0.25) is 0 Å². The Morgan fingerprint density at radius 2 is 2.14 bits per heavy atom. The highest BCUT2D eigenvalue weighted by Crippen LogP contribution is 1.83. The molecule has 0 aromatic heterocycles. The molecule has 0 aromatic rings. The molecule has 5 nitrogen and oxygen atoms in total. The molecular weight excluding hydrogens is 184 g/mol. The fourth-order valence-corrected chi connectivity index (χ4v) is 1.54. The number of ether oxygens (including phenoxy) is 1. The first kappa shape index (κ1) is 11.0. The largest absolute Gasteiger partial charge is 0.462 e. The second kappa shape index (κ2) is 5.59. The summed E-state index contributed by atoms with van der Waals surface area (Å²) in [6, 6.07) is 0. The van der Waals surface area contributed by atoms with E-state index in [2.05, 4.69) is 0 Å². The molecule has 1 N–H and O–H groups in total. The fourth-order valence-electron chi connectivity index (χ4n) is 1.54. The molecule has 80 valence electrons. The van der Waals surface area contributed by atoms with E-state index in [4.69, 9.17) is 4.74 Å². The Kier molecular flexibility index (Phi) is 4.39. The second-order valence-electron chi connectivity index (χ2n) is 3.37. The summed E-state index contributed by atoms with van der Waals surface area (Å²) in [7, 11) is 0. The summed E-state index contributed by atoms with van der Waals surface area (Å²) >= 11 is 0. The number of hydrogen-bond donors (Lipinski definition) is 1. The second-order valence-corrected chi connectivity index (χ2v) is 3.37. The van der Waals surface area contributed by atoms with Crippen LogP contribution in [0.4, 0.5) is 0 Å². The zero-order chi connectivity index (χ0) is 10.4. The van der Waals surface area contributed by atoms with Crippen molar-refractivity contribution in [2.45, 2.75) is 6.92 Å². The number of esters is 1. The first-order valence-corrected chi connectivity index (χ1v) is 4.94. The molecule has 0 spiro atoms. The van der Waals surface area contributed by atoms with Gasteiger partial charge in [0.05, 0.1) is 32.8 Å².